The van der Waals surface area contributed by atoms with Gasteiger partial charge < -0.3 is 18.9 Å². The van der Waals surface area contributed by atoms with Crippen LogP contribution < -0.4 is 0 Å². The van der Waals surface area contributed by atoms with Crippen molar-refractivity contribution in [3.63, 3.8) is 0 Å². The number of nitrogens with zero attached hydrogens (tertiary/aromatic N) is 6. The first-order valence-electron chi connectivity index (χ1n) is 22.2. The zero-order chi connectivity index (χ0) is 39.3. The van der Waals surface area contributed by atoms with Gasteiger partial charge >= 0.3 is 11.9 Å². The Morgan fingerprint density at radius 3 is 1.57 bits per heavy atom. The van der Waals surface area contributed by atoms with Gasteiger partial charge in [-0.15, -0.1) is 5.10 Å². The zero-order valence-corrected chi connectivity index (χ0v) is 33.8. The maximum Gasteiger partial charge on any atom is 0.377 e. The molecule has 4 heterocycles. The van der Waals surface area contributed by atoms with Crippen LogP contribution in [-0.4, -0.2) is 78.8 Å². The fraction of sp³-hybridized carbons (Fsp3) is 0.857. The Hall–Kier alpha value is -3.02. The molecule has 12 aliphatic rings. The Bertz CT molecular complexity index is 1810. The fourth-order valence-corrected chi connectivity index (χ4v) is 13.9. The molecule has 0 atom stereocenters. The summed E-state index contributed by atoms with van der Waals surface area (Å²) in [7, 11) is 2.70. The molecule has 2 aliphatic heterocycles. The van der Waals surface area contributed by atoms with Crippen molar-refractivity contribution in [1.82, 2.24) is 29.5 Å². The van der Waals surface area contributed by atoms with Crippen LogP contribution in [0.25, 0.3) is 0 Å². The third-order valence-corrected chi connectivity index (χ3v) is 16.4. The van der Waals surface area contributed by atoms with Crippen LogP contribution in [0.2, 0.25) is 0 Å². The molecule has 316 valence electrons. The molecule has 10 saturated carbocycles. The molecule has 0 aromatic carbocycles. The predicted molar refractivity (Wildman–Crippen MR) is 198 cm³/mol. The molecule has 2 aromatic heterocycles. The molecule has 8 bridgehead atoms. The van der Waals surface area contributed by atoms with Crippen molar-refractivity contribution in [2.45, 2.75) is 152 Å². The van der Waals surface area contributed by atoms with Gasteiger partial charge in [-0.1, -0.05) is 0 Å². The Kier molecular flexibility index (Phi) is 9.35. The summed E-state index contributed by atoms with van der Waals surface area (Å²) in [6, 6.07) is 0. The van der Waals surface area contributed by atoms with E-state index in [1.807, 2.05) is 0 Å². The van der Waals surface area contributed by atoms with Crippen LogP contribution in [-0.2, 0) is 51.6 Å². The lowest BCUT2D eigenvalue weighted by molar-refractivity contribution is -0.390. The lowest BCUT2D eigenvalue weighted by Crippen LogP contribution is -2.59. The summed E-state index contributed by atoms with van der Waals surface area (Å²) in [6.07, 6.45) is 22.9. The normalized spacial score (nSPS) is 45.3. The van der Waals surface area contributed by atoms with Gasteiger partial charge in [0.25, 0.3) is 5.82 Å². The van der Waals surface area contributed by atoms with Crippen molar-refractivity contribution >= 4 is 11.9 Å². The van der Waals surface area contributed by atoms with Gasteiger partial charge in [0.2, 0.25) is 29.0 Å². The van der Waals surface area contributed by atoms with Gasteiger partial charge in [-0.05, 0) is 125 Å². The molecule has 0 unspecified atom stereocenters. The summed E-state index contributed by atoms with van der Waals surface area (Å²) in [5, 5.41) is 8.43. The van der Waals surface area contributed by atoms with Gasteiger partial charge in [0.1, 0.15) is 12.7 Å². The largest absolute Gasteiger partial charge is 0.463 e. The highest BCUT2D eigenvalue weighted by Gasteiger charge is 2.68. The van der Waals surface area contributed by atoms with E-state index in [-0.39, 0.29) is 11.6 Å². The molecule has 58 heavy (non-hydrogen) atoms. The Labute approximate surface area is 338 Å². The van der Waals surface area contributed by atoms with Gasteiger partial charge in [-0.25, -0.2) is 24.2 Å². The topological polar surface area (TPSA) is 169 Å². The second-order valence-electron chi connectivity index (χ2n) is 19.8. The van der Waals surface area contributed by atoms with Crippen molar-refractivity contribution in [2.75, 3.05) is 14.2 Å². The van der Waals surface area contributed by atoms with Gasteiger partial charge in [0, 0.05) is 62.4 Å². The van der Waals surface area contributed by atoms with Gasteiger partial charge in [0.05, 0.1) is 14.2 Å². The standard InChI is InChI=1S/2C21H29N3O5/c1-26-19(25)18-22-12-24(23-18)11-13-2-4-20(5-3-13)27-21(29-28-20)16-7-14-6-15(9-16)10-17(21)8-14;1-26-19(25)18-22-12-23-24(18)11-13-2-4-20(5-3-13)27-21(29-28-20)16-7-14-6-15(9-16)10-17(21)8-14/h2*12-17H,2-11H2,1H3. The first-order chi connectivity index (χ1) is 28.2. The molecule has 10 aliphatic carbocycles. The van der Waals surface area contributed by atoms with Crippen molar-refractivity contribution in [2.24, 2.45) is 59.2 Å². The molecule has 14 rings (SSSR count). The summed E-state index contributed by atoms with van der Waals surface area (Å²) in [6.45, 7) is 1.39. The van der Waals surface area contributed by atoms with Crippen LogP contribution in [0.5, 0.6) is 0 Å². The second kappa shape index (κ2) is 14.3. The zero-order valence-electron chi connectivity index (χ0n) is 33.8. The first kappa shape index (κ1) is 37.9. The molecule has 16 heteroatoms. The van der Waals surface area contributed by atoms with Gasteiger partial charge in [-0.3, -0.25) is 4.68 Å². The smallest absolute Gasteiger partial charge is 0.377 e. The Balaban J connectivity index is 0.000000133. The number of hydrogen-bond donors (Lipinski definition) is 0. The number of carbonyl (C=O) groups excluding carboxylic acids is 2. The Morgan fingerprint density at radius 2 is 1.10 bits per heavy atom. The van der Waals surface area contributed by atoms with Gasteiger partial charge in [-0.2, -0.15) is 24.6 Å². The average molecular weight is 807 g/mol. The first-order valence-corrected chi connectivity index (χ1v) is 22.2. The molecular formula is C42H58N6O10. The SMILES string of the molecule is COC(=O)c1ncn(CC2CCC3(CC2)OOC2(O3)C3CC4CC(C3)CC2C4)n1.COC(=O)c1ncnn1CC1CCC2(CC1)OOC1(O2)C2CC3CC(C2)CC1C3. The van der Waals surface area contributed by atoms with Crippen molar-refractivity contribution in [1.29, 1.82) is 0 Å². The summed E-state index contributed by atoms with van der Waals surface area (Å²) < 4.78 is 26.4. The highest BCUT2D eigenvalue weighted by molar-refractivity contribution is 5.85. The third kappa shape index (κ3) is 6.36. The number of rotatable bonds is 6. The van der Waals surface area contributed by atoms with E-state index in [0.29, 0.717) is 42.1 Å². The highest BCUT2D eigenvalue weighted by atomic mass is 17.3. The average Bonchev–Trinajstić information content (AvgIpc) is 4.05. The van der Waals surface area contributed by atoms with E-state index in [0.717, 1.165) is 81.6 Å². The van der Waals surface area contributed by atoms with E-state index < -0.39 is 35.1 Å². The van der Waals surface area contributed by atoms with E-state index in [1.54, 1.807) is 15.7 Å². The summed E-state index contributed by atoms with van der Waals surface area (Å²) in [5.74, 6) is 3.60. The molecule has 0 N–H and O–H groups in total. The fourth-order valence-electron chi connectivity index (χ4n) is 13.9. The summed E-state index contributed by atoms with van der Waals surface area (Å²) in [4.78, 5) is 55.6. The van der Waals surface area contributed by atoms with E-state index in [4.69, 9.17) is 33.8 Å². The minimum absolute atomic E-state index is 0.111. The minimum atomic E-state index is -0.598. The van der Waals surface area contributed by atoms with Crippen LogP contribution in [0, 0.1) is 59.2 Å². The van der Waals surface area contributed by atoms with E-state index in [9.17, 15) is 9.59 Å². The van der Waals surface area contributed by atoms with Crippen LogP contribution in [0.3, 0.4) is 0 Å². The monoisotopic (exact) mass is 806 g/mol. The quantitative estimate of drug-likeness (QED) is 0.240. The molecule has 16 nitrogen and oxygen atoms in total. The third-order valence-electron chi connectivity index (χ3n) is 16.4. The maximum atomic E-state index is 11.8. The van der Waals surface area contributed by atoms with Crippen molar-refractivity contribution in [3.05, 3.63) is 24.3 Å². The Morgan fingerprint density at radius 1 is 0.638 bits per heavy atom. The molecule has 2 aromatic rings. The van der Waals surface area contributed by atoms with E-state index in [2.05, 4.69) is 24.9 Å². The molecular weight excluding hydrogens is 748 g/mol. The lowest BCUT2D eigenvalue weighted by atomic mass is 9.53. The van der Waals surface area contributed by atoms with E-state index in [1.165, 1.54) is 84.8 Å². The summed E-state index contributed by atoms with van der Waals surface area (Å²) >= 11 is 0. The number of esters is 2. The lowest BCUT2D eigenvalue weighted by Gasteiger charge is -2.57. The molecule has 12 fully saturated rings. The number of carbonyl (C=O) groups is 2. The van der Waals surface area contributed by atoms with Crippen molar-refractivity contribution in [3.8, 4) is 0 Å². The van der Waals surface area contributed by atoms with Crippen molar-refractivity contribution < 1.29 is 48.1 Å². The van der Waals surface area contributed by atoms with Crippen LogP contribution >= 0.6 is 0 Å². The number of methoxy groups -OCH3 is 2. The van der Waals surface area contributed by atoms with Crippen LogP contribution in [0.4, 0.5) is 0 Å². The second-order valence-corrected chi connectivity index (χ2v) is 19.8. The molecule has 0 radical (unpaired) electrons. The van der Waals surface area contributed by atoms with Crippen LogP contribution in [0.1, 0.15) is 137 Å². The molecule has 2 saturated heterocycles. The molecule has 4 spiro atoms. The number of aromatic nitrogens is 6. The molecule has 0 amide bonds. The predicted octanol–water partition coefficient (Wildman–Crippen LogP) is 6.16. The van der Waals surface area contributed by atoms with E-state index >= 15 is 0 Å². The number of hydrogen-bond acceptors (Lipinski definition) is 14. The highest BCUT2D eigenvalue weighted by Crippen LogP contribution is 2.65. The summed E-state index contributed by atoms with van der Waals surface area (Å²) in [5.41, 5.74) is 0. The minimum Gasteiger partial charge on any atom is -0.463 e. The van der Waals surface area contributed by atoms with Crippen LogP contribution in [0.15, 0.2) is 12.7 Å². The number of ether oxygens (including phenoxy) is 4. The maximum absolute atomic E-state index is 11.8. The van der Waals surface area contributed by atoms with Gasteiger partial charge in [0.15, 0.2) is 0 Å².